The quantitative estimate of drug-likeness (QED) is 0.896. The van der Waals surface area contributed by atoms with Crippen LogP contribution in [0.1, 0.15) is 33.7 Å². The molecule has 0 saturated carbocycles. The Morgan fingerprint density at radius 3 is 2.52 bits per heavy atom. The summed E-state index contributed by atoms with van der Waals surface area (Å²) in [5.41, 5.74) is 1.73. The van der Waals surface area contributed by atoms with Crippen LogP contribution in [0.5, 0.6) is 0 Å². The molecule has 2 aromatic rings. The third-order valence-electron chi connectivity index (χ3n) is 3.07. The van der Waals surface area contributed by atoms with Crippen molar-refractivity contribution < 1.29 is 9.59 Å². The van der Waals surface area contributed by atoms with Crippen molar-refractivity contribution in [2.24, 2.45) is 0 Å². The fourth-order valence-corrected chi connectivity index (χ4v) is 3.38. The van der Waals surface area contributed by atoms with Crippen LogP contribution >= 0.6 is 11.3 Å². The highest BCUT2D eigenvalue weighted by atomic mass is 32.1. The fourth-order valence-electron chi connectivity index (χ4n) is 2.19. The SMILES string of the molecule is CCNC(=O)CNC(=O)c1sc2nc(C)nc(C)c2c1C. The van der Waals surface area contributed by atoms with Crippen molar-refractivity contribution in [1.82, 2.24) is 20.6 Å². The van der Waals surface area contributed by atoms with E-state index < -0.39 is 0 Å². The summed E-state index contributed by atoms with van der Waals surface area (Å²) in [5, 5.41) is 6.19. The summed E-state index contributed by atoms with van der Waals surface area (Å²) in [6, 6.07) is 0. The third kappa shape index (κ3) is 3.18. The van der Waals surface area contributed by atoms with Gasteiger partial charge in [0.2, 0.25) is 5.91 Å². The van der Waals surface area contributed by atoms with Gasteiger partial charge in [0.15, 0.2) is 0 Å². The number of carbonyl (C=O) groups excluding carboxylic acids is 2. The summed E-state index contributed by atoms with van der Waals surface area (Å²) >= 11 is 1.33. The smallest absolute Gasteiger partial charge is 0.262 e. The zero-order chi connectivity index (χ0) is 15.6. The van der Waals surface area contributed by atoms with Gasteiger partial charge in [0, 0.05) is 17.6 Å². The molecule has 2 amide bonds. The summed E-state index contributed by atoms with van der Waals surface area (Å²) < 4.78 is 0. The van der Waals surface area contributed by atoms with E-state index >= 15 is 0 Å². The number of carbonyl (C=O) groups is 2. The van der Waals surface area contributed by atoms with Crippen molar-refractivity contribution in [3.05, 3.63) is 22.0 Å². The van der Waals surface area contributed by atoms with E-state index in [1.54, 1.807) is 0 Å². The second kappa shape index (κ2) is 6.17. The first-order chi connectivity index (χ1) is 9.93. The lowest BCUT2D eigenvalue weighted by Crippen LogP contribution is -2.36. The third-order valence-corrected chi connectivity index (χ3v) is 4.26. The van der Waals surface area contributed by atoms with Gasteiger partial charge in [-0.2, -0.15) is 0 Å². The van der Waals surface area contributed by atoms with Gasteiger partial charge in [-0.1, -0.05) is 0 Å². The minimum Gasteiger partial charge on any atom is -0.355 e. The molecule has 112 valence electrons. The number of fused-ring (bicyclic) bond motifs is 1. The summed E-state index contributed by atoms with van der Waals surface area (Å²) in [6.07, 6.45) is 0. The fraction of sp³-hybridized carbons (Fsp3) is 0.429. The van der Waals surface area contributed by atoms with Crippen molar-refractivity contribution in [1.29, 1.82) is 0 Å². The van der Waals surface area contributed by atoms with Crippen molar-refractivity contribution >= 4 is 33.4 Å². The van der Waals surface area contributed by atoms with Gasteiger partial charge in [-0.25, -0.2) is 9.97 Å². The van der Waals surface area contributed by atoms with E-state index in [0.717, 1.165) is 21.5 Å². The lowest BCUT2D eigenvalue weighted by Gasteiger charge is -2.04. The van der Waals surface area contributed by atoms with Gasteiger partial charge >= 0.3 is 0 Å². The topological polar surface area (TPSA) is 84.0 Å². The first-order valence-corrected chi connectivity index (χ1v) is 7.55. The van der Waals surface area contributed by atoms with Crippen LogP contribution in [-0.2, 0) is 4.79 Å². The van der Waals surface area contributed by atoms with Crippen molar-refractivity contribution in [2.75, 3.05) is 13.1 Å². The molecule has 21 heavy (non-hydrogen) atoms. The van der Waals surface area contributed by atoms with Crippen LogP contribution in [-0.4, -0.2) is 34.9 Å². The molecule has 6 nitrogen and oxygen atoms in total. The van der Waals surface area contributed by atoms with Crippen LogP contribution in [0.4, 0.5) is 0 Å². The first kappa shape index (κ1) is 15.4. The second-order valence-electron chi connectivity index (χ2n) is 4.73. The molecule has 2 aromatic heterocycles. The number of rotatable bonds is 4. The Hall–Kier alpha value is -2.02. The molecule has 0 atom stereocenters. The van der Waals surface area contributed by atoms with E-state index in [-0.39, 0.29) is 18.4 Å². The molecule has 0 aliphatic heterocycles. The van der Waals surface area contributed by atoms with E-state index in [2.05, 4.69) is 20.6 Å². The Morgan fingerprint density at radius 2 is 1.86 bits per heavy atom. The first-order valence-electron chi connectivity index (χ1n) is 6.73. The molecule has 0 unspecified atom stereocenters. The molecule has 0 spiro atoms. The van der Waals surface area contributed by atoms with Crippen LogP contribution in [0.25, 0.3) is 10.2 Å². The number of thiophene rings is 1. The Kier molecular flexibility index (Phi) is 4.52. The molecule has 0 aliphatic carbocycles. The molecule has 2 rings (SSSR count). The van der Waals surface area contributed by atoms with Gasteiger partial charge in [-0.05, 0) is 33.3 Å². The van der Waals surface area contributed by atoms with E-state index in [1.807, 2.05) is 27.7 Å². The zero-order valence-electron chi connectivity index (χ0n) is 12.5. The normalized spacial score (nSPS) is 10.7. The summed E-state index contributed by atoms with van der Waals surface area (Å²) in [4.78, 5) is 33.7. The average molecular weight is 306 g/mol. The Bertz CT molecular complexity index is 709. The van der Waals surface area contributed by atoms with Crippen LogP contribution in [0, 0.1) is 20.8 Å². The number of hydrogen-bond donors (Lipinski definition) is 2. The number of amides is 2. The van der Waals surface area contributed by atoms with E-state index in [9.17, 15) is 9.59 Å². The predicted molar refractivity (Wildman–Crippen MR) is 82.6 cm³/mol. The lowest BCUT2D eigenvalue weighted by molar-refractivity contribution is -0.120. The van der Waals surface area contributed by atoms with E-state index in [4.69, 9.17) is 0 Å². The van der Waals surface area contributed by atoms with Gasteiger partial charge in [0.05, 0.1) is 11.4 Å². The van der Waals surface area contributed by atoms with Crippen LogP contribution < -0.4 is 10.6 Å². The zero-order valence-corrected chi connectivity index (χ0v) is 13.3. The predicted octanol–water partition coefficient (Wildman–Crippen LogP) is 1.48. The Morgan fingerprint density at radius 1 is 1.14 bits per heavy atom. The monoisotopic (exact) mass is 306 g/mol. The van der Waals surface area contributed by atoms with Gasteiger partial charge < -0.3 is 10.6 Å². The molecule has 2 heterocycles. The molecule has 0 aromatic carbocycles. The standard InChI is InChI=1S/C14H18N4O2S/c1-5-15-10(19)6-16-13(20)12-7(2)11-8(3)17-9(4)18-14(11)21-12/h5-6H2,1-4H3,(H,15,19)(H,16,20). The van der Waals surface area contributed by atoms with Crippen molar-refractivity contribution in [2.45, 2.75) is 27.7 Å². The molecule has 7 heteroatoms. The largest absolute Gasteiger partial charge is 0.355 e. The van der Waals surface area contributed by atoms with Crippen LogP contribution in [0.3, 0.4) is 0 Å². The number of aromatic nitrogens is 2. The van der Waals surface area contributed by atoms with Crippen LogP contribution in [0.2, 0.25) is 0 Å². The van der Waals surface area contributed by atoms with Crippen molar-refractivity contribution in [3.63, 3.8) is 0 Å². The number of hydrogen-bond acceptors (Lipinski definition) is 5. The average Bonchev–Trinajstić information content (AvgIpc) is 2.73. The molecule has 0 saturated heterocycles. The minimum atomic E-state index is -0.251. The number of likely N-dealkylation sites (N-methyl/N-ethyl adjacent to an activating group) is 1. The van der Waals surface area contributed by atoms with Gasteiger partial charge in [0.25, 0.3) is 5.91 Å². The Labute approximate surface area is 127 Å². The maximum absolute atomic E-state index is 12.2. The molecule has 0 fully saturated rings. The summed E-state index contributed by atoms with van der Waals surface area (Å²) in [5.74, 6) is 0.241. The number of nitrogens with zero attached hydrogens (tertiary/aromatic N) is 2. The number of nitrogens with one attached hydrogen (secondary N) is 2. The molecule has 0 aliphatic rings. The molecular weight excluding hydrogens is 288 g/mol. The van der Waals surface area contributed by atoms with E-state index in [1.165, 1.54) is 11.3 Å². The van der Waals surface area contributed by atoms with Crippen molar-refractivity contribution in [3.8, 4) is 0 Å². The van der Waals surface area contributed by atoms with E-state index in [0.29, 0.717) is 17.2 Å². The van der Waals surface area contributed by atoms with Gasteiger partial charge in [-0.3, -0.25) is 9.59 Å². The Balaban J connectivity index is 2.26. The van der Waals surface area contributed by atoms with Gasteiger partial charge in [-0.15, -0.1) is 11.3 Å². The molecule has 0 bridgehead atoms. The van der Waals surface area contributed by atoms with Crippen LogP contribution in [0.15, 0.2) is 0 Å². The lowest BCUT2D eigenvalue weighted by atomic mass is 10.1. The summed E-state index contributed by atoms with van der Waals surface area (Å²) in [6.45, 7) is 7.98. The highest BCUT2D eigenvalue weighted by Crippen LogP contribution is 2.30. The maximum atomic E-state index is 12.2. The highest BCUT2D eigenvalue weighted by Gasteiger charge is 2.18. The molecule has 0 radical (unpaired) electrons. The molecular formula is C14H18N4O2S. The summed E-state index contributed by atoms with van der Waals surface area (Å²) in [7, 11) is 0. The number of aryl methyl sites for hydroxylation is 3. The minimum absolute atomic E-state index is 0.0238. The highest BCUT2D eigenvalue weighted by molar-refractivity contribution is 7.20. The van der Waals surface area contributed by atoms with Gasteiger partial charge in [0.1, 0.15) is 10.7 Å². The molecule has 2 N–H and O–H groups in total. The second-order valence-corrected chi connectivity index (χ2v) is 5.73. The maximum Gasteiger partial charge on any atom is 0.262 e.